The van der Waals surface area contributed by atoms with Crippen molar-refractivity contribution in [3.05, 3.63) is 51.9 Å². The predicted octanol–water partition coefficient (Wildman–Crippen LogP) is 0.382. The number of carbonyl (C=O) groups is 3. The molecule has 0 aliphatic carbocycles. The summed E-state index contributed by atoms with van der Waals surface area (Å²) in [6, 6.07) is 5.36. The number of para-hydroxylation sites is 1. The molecule has 3 heterocycles. The molecule has 1 fully saturated rings. The van der Waals surface area contributed by atoms with Crippen molar-refractivity contribution in [3.8, 4) is 0 Å². The first-order valence-corrected chi connectivity index (χ1v) is 9.21. The number of nitrogens with one attached hydrogen (secondary N) is 2. The highest BCUT2D eigenvalue weighted by Gasteiger charge is 2.30. The first kappa shape index (κ1) is 19.5. The van der Waals surface area contributed by atoms with Crippen LogP contribution in [0.2, 0.25) is 0 Å². The molecule has 1 aliphatic rings. The van der Waals surface area contributed by atoms with E-state index in [-0.39, 0.29) is 47.7 Å². The molecule has 1 saturated heterocycles. The van der Waals surface area contributed by atoms with Crippen LogP contribution >= 0.6 is 0 Å². The lowest BCUT2D eigenvalue weighted by molar-refractivity contribution is -0.135. The number of fused-ring (bicyclic) bond motifs is 1. The maximum atomic E-state index is 13.1. The normalized spacial score (nSPS) is 16.5. The SMILES string of the molecule is Cc1nc2c(NC(=O)c3cc(CN)on3)cccc2c(=O)n1C1CCC(=O)NC1=O. The third kappa shape index (κ3) is 3.35. The van der Waals surface area contributed by atoms with Crippen LogP contribution in [0.5, 0.6) is 0 Å². The molecule has 2 aromatic heterocycles. The summed E-state index contributed by atoms with van der Waals surface area (Å²) in [6.07, 6.45) is 0.351. The summed E-state index contributed by atoms with van der Waals surface area (Å²) in [5.41, 5.74) is 5.65. The number of imide groups is 1. The second-order valence-electron chi connectivity index (χ2n) is 6.84. The molecule has 11 heteroatoms. The van der Waals surface area contributed by atoms with Gasteiger partial charge < -0.3 is 15.6 Å². The third-order valence-electron chi connectivity index (χ3n) is 4.87. The minimum absolute atomic E-state index is 0.0426. The molecular formula is C19H18N6O5. The number of aromatic nitrogens is 3. The molecule has 0 radical (unpaired) electrons. The number of rotatable bonds is 4. The van der Waals surface area contributed by atoms with Crippen LogP contribution in [0.25, 0.3) is 10.9 Å². The number of nitrogens with two attached hydrogens (primary N) is 1. The highest BCUT2D eigenvalue weighted by Crippen LogP contribution is 2.23. The molecule has 0 saturated carbocycles. The van der Waals surface area contributed by atoms with Gasteiger partial charge in [-0.25, -0.2) is 4.98 Å². The molecule has 0 bridgehead atoms. The molecule has 4 N–H and O–H groups in total. The molecular weight excluding hydrogens is 392 g/mol. The molecule has 11 nitrogen and oxygen atoms in total. The molecule has 30 heavy (non-hydrogen) atoms. The average Bonchev–Trinajstić information content (AvgIpc) is 3.20. The van der Waals surface area contributed by atoms with Crippen LogP contribution < -0.4 is 21.9 Å². The van der Waals surface area contributed by atoms with Crippen LogP contribution in [-0.4, -0.2) is 32.4 Å². The summed E-state index contributed by atoms with van der Waals surface area (Å²) in [7, 11) is 0. The van der Waals surface area contributed by atoms with E-state index in [1.54, 1.807) is 25.1 Å². The minimum atomic E-state index is -0.824. The Bertz CT molecular complexity index is 1240. The van der Waals surface area contributed by atoms with Gasteiger partial charge in [-0.3, -0.25) is 29.1 Å². The van der Waals surface area contributed by atoms with Crippen LogP contribution in [-0.2, 0) is 16.1 Å². The molecule has 1 aliphatic heterocycles. The van der Waals surface area contributed by atoms with Gasteiger partial charge in [0.15, 0.2) is 11.5 Å². The van der Waals surface area contributed by atoms with Gasteiger partial charge in [-0.2, -0.15) is 0 Å². The largest absolute Gasteiger partial charge is 0.359 e. The zero-order valence-electron chi connectivity index (χ0n) is 16.0. The summed E-state index contributed by atoms with van der Waals surface area (Å²) in [5.74, 6) is -0.801. The fraction of sp³-hybridized carbons (Fsp3) is 0.263. The van der Waals surface area contributed by atoms with Gasteiger partial charge in [-0.05, 0) is 25.5 Å². The number of aryl methyl sites for hydroxylation is 1. The Hall–Kier alpha value is -3.86. The van der Waals surface area contributed by atoms with E-state index in [1.165, 1.54) is 10.6 Å². The van der Waals surface area contributed by atoms with E-state index in [2.05, 4.69) is 20.8 Å². The molecule has 4 rings (SSSR count). The number of benzene rings is 1. The monoisotopic (exact) mass is 410 g/mol. The van der Waals surface area contributed by atoms with Gasteiger partial charge >= 0.3 is 0 Å². The van der Waals surface area contributed by atoms with E-state index in [4.69, 9.17) is 10.3 Å². The van der Waals surface area contributed by atoms with Gasteiger partial charge in [0.2, 0.25) is 11.8 Å². The first-order valence-electron chi connectivity index (χ1n) is 9.21. The Morgan fingerprint density at radius 1 is 1.37 bits per heavy atom. The van der Waals surface area contributed by atoms with Crippen molar-refractivity contribution in [3.63, 3.8) is 0 Å². The van der Waals surface area contributed by atoms with Gasteiger partial charge in [0.25, 0.3) is 11.5 Å². The molecule has 1 aromatic carbocycles. The van der Waals surface area contributed by atoms with Crippen LogP contribution in [0.1, 0.15) is 41.0 Å². The Balaban J connectivity index is 1.74. The fourth-order valence-electron chi connectivity index (χ4n) is 3.43. The van der Waals surface area contributed by atoms with E-state index < -0.39 is 23.4 Å². The molecule has 1 atom stereocenters. The average molecular weight is 410 g/mol. The zero-order chi connectivity index (χ0) is 21.4. The van der Waals surface area contributed by atoms with E-state index in [9.17, 15) is 19.2 Å². The van der Waals surface area contributed by atoms with Gasteiger partial charge in [0, 0.05) is 12.5 Å². The summed E-state index contributed by atoms with van der Waals surface area (Å²) < 4.78 is 6.21. The van der Waals surface area contributed by atoms with Crippen LogP contribution in [0.4, 0.5) is 5.69 Å². The van der Waals surface area contributed by atoms with Gasteiger partial charge in [0.1, 0.15) is 17.4 Å². The highest BCUT2D eigenvalue weighted by atomic mass is 16.5. The third-order valence-corrected chi connectivity index (χ3v) is 4.87. The van der Waals surface area contributed by atoms with Crippen molar-refractivity contribution in [2.24, 2.45) is 5.73 Å². The van der Waals surface area contributed by atoms with Gasteiger partial charge in [-0.1, -0.05) is 11.2 Å². The standard InChI is InChI=1S/C19H18N6O5/c1-9-21-16-11(19(29)25(9)14-5-6-15(26)23-18(14)28)3-2-4-12(16)22-17(27)13-7-10(8-20)30-24-13/h2-4,7,14H,5-6,8,20H2,1H3,(H,22,27)(H,23,26,28). The van der Waals surface area contributed by atoms with Crippen LogP contribution in [0, 0.1) is 6.92 Å². The van der Waals surface area contributed by atoms with Gasteiger partial charge in [0.05, 0.1) is 17.6 Å². The number of piperidine rings is 1. The topological polar surface area (TPSA) is 162 Å². The van der Waals surface area contributed by atoms with Crippen molar-refractivity contribution in [2.45, 2.75) is 32.4 Å². The van der Waals surface area contributed by atoms with Crippen LogP contribution in [0.15, 0.2) is 33.6 Å². The first-order chi connectivity index (χ1) is 14.4. The molecule has 3 aromatic rings. The number of hydrogen-bond acceptors (Lipinski definition) is 8. The van der Waals surface area contributed by atoms with Crippen molar-refractivity contribution in [2.75, 3.05) is 5.32 Å². The smallest absolute Gasteiger partial charge is 0.277 e. The Kier molecular flexibility index (Phi) is 4.88. The number of nitrogens with zero attached hydrogens (tertiary/aromatic N) is 3. The van der Waals surface area contributed by atoms with E-state index in [1.807, 2.05) is 0 Å². The van der Waals surface area contributed by atoms with Gasteiger partial charge in [-0.15, -0.1) is 0 Å². The second kappa shape index (κ2) is 7.52. The second-order valence-corrected chi connectivity index (χ2v) is 6.84. The summed E-state index contributed by atoms with van der Waals surface area (Å²) in [4.78, 5) is 53.7. The minimum Gasteiger partial charge on any atom is -0.359 e. The maximum Gasteiger partial charge on any atom is 0.277 e. The number of carbonyl (C=O) groups excluding carboxylic acids is 3. The number of amides is 3. The quantitative estimate of drug-likeness (QED) is 0.520. The van der Waals surface area contributed by atoms with E-state index in [0.29, 0.717) is 11.4 Å². The lowest BCUT2D eigenvalue weighted by Gasteiger charge is -2.24. The molecule has 3 amide bonds. The van der Waals surface area contributed by atoms with Crippen molar-refractivity contribution < 1.29 is 18.9 Å². The predicted molar refractivity (Wildman–Crippen MR) is 105 cm³/mol. The Morgan fingerprint density at radius 3 is 2.87 bits per heavy atom. The lowest BCUT2D eigenvalue weighted by atomic mass is 10.1. The maximum absolute atomic E-state index is 13.1. The van der Waals surface area contributed by atoms with Crippen LogP contribution in [0.3, 0.4) is 0 Å². The number of hydrogen-bond donors (Lipinski definition) is 3. The summed E-state index contributed by atoms with van der Waals surface area (Å²) >= 11 is 0. The summed E-state index contributed by atoms with van der Waals surface area (Å²) in [6.45, 7) is 1.70. The molecule has 0 spiro atoms. The summed E-state index contributed by atoms with van der Waals surface area (Å²) in [5, 5.41) is 8.81. The lowest BCUT2D eigenvalue weighted by Crippen LogP contribution is -2.45. The van der Waals surface area contributed by atoms with Crippen molar-refractivity contribution in [1.29, 1.82) is 0 Å². The fourth-order valence-corrected chi connectivity index (χ4v) is 3.43. The van der Waals surface area contributed by atoms with E-state index in [0.717, 1.165) is 0 Å². The van der Waals surface area contributed by atoms with Crippen molar-refractivity contribution >= 4 is 34.3 Å². The highest BCUT2D eigenvalue weighted by molar-refractivity contribution is 6.07. The number of anilines is 1. The Labute approximate surface area is 169 Å². The molecule has 154 valence electrons. The zero-order valence-corrected chi connectivity index (χ0v) is 16.0. The van der Waals surface area contributed by atoms with Crippen molar-refractivity contribution in [1.82, 2.24) is 20.0 Å². The molecule has 1 unspecified atom stereocenters. The Morgan fingerprint density at radius 2 is 2.17 bits per heavy atom. The van der Waals surface area contributed by atoms with E-state index >= 15 is 0 Å².